The fraction of sp³-hybridized carbons (Fsp3) is 0. The second kappa shape index (κ2) is 3.03. The van der Waals surface area contributed by atoms with Gasteiger partial charge in [0.25, 0.3) is 0 Å². The summed E-state index contributed by atoms with van der Waals surface area (Å²) in [5, 5.41) is 9.72. The molecule has 2 N–H and O–H groups in total. The van der Waals surface area contributed by atoms with E-state index in [1.807, 2.05) is 24.3 Å². The number of carboxylic acid groups (broad SMARTS) is 1. The Hall–Kier alpha value is -2.43. The molecule has 0 spiro atoms. The molecule has 0 saturated carbocycles. The molecule has 5 heteroatoms. The van der Waals surface area contributed by atoms with Crippen LogP contribution in [0, 0.1) is 0 Å². The van der Waals surface area contributed by atoms with Crippen molar-refractivity contribution in [3.63, 3.8) is 0 Å². The topological polar surface area (TPSA) is 78.9 Å². The predicted molar refractivity (Wildman–Crippen MR) is 58.4 cm³/mol. The summed E-state index contributed by atoms with van der Waals surface area (Å²) in [7, 11) is 0. The van der Waals surface area contributed by atoms with Gasteiger partial charge >= 0.3 is 5.97 Å². The average molecular weight is 213 g/mol. The van der Waals surface area contributed by atoms with Crippen molar-refractivity contribution in [2.75, 3.05) is 0 Å². The lowest BCUT2D eigenvalue weighted by atomic mass is 10.2. The van der Waals surface area contributed by atoms with E-state index in [0.717, 1.165) is 16.4 Å². The number of fused-ring (bicyclic) bond motifs is 3. The highest BCUT2D eigenvalue weighted by Crippen LogP contribution is 2.22. The van der Waals surface area contributed by atoms with Crippen molar-refractivity contribution in [3.05, 3.63) is 36.3 Å². The van der Waals surface area contributed by atoms with Gasteiger partial charge in [-0.1, -0.05) is 18.2 Å². The van der Waals surface area contributed by atoms with Crippen molar-refractivity contribution in [3.8, 4) is 0 Å². The second-order valence-corrected chi connectivity index (χ2v) is 3.43. The summed E-state index contributed by atoms with van der Waals surface area (Å²) in [5.41, 5.74) is 2.31. The molecule has 3 rings (SSSR count). The molecule has 0 fully saturated rings. The lowest BCUT2D eigenvalue weighted by molar-refractivity contribution is 0.0684. The van der Waals surface area contributed by atoms with Crippen molar-refractivity contribution in [2.45, 2.75) is 0 Å². The average Bonchev–Trinajstić information content (AvgIpc) is 2.66. The number of para-hydroxylation sites is 1. The first kappa shape index (κ1) is 8.84. The second-order valence-electron chi connectivity index (χ2n) is 3.43. The third kappa shape index (κ3) is 1.15. The van der Waals surface area contributed by atoms with Crippen molar-refractivity contribution < 1.29 is 9.90 Å². The highest BCUT2D eigenvalue weighted by Gasteiger charge is 2.10. The SMILES string of the molecule is O=C(O)c1ncc2[nH]c3ccccc3c2n1. The quantitative estimate of drug-likeness (QED) is 0.646. The first-order chi connectivity index (χ1) is 7.75. The van der Waals surface area contributed by atoms with Crippen LogP contribution in [0.2, 0.25) is 0 Å². The molecule has 0 aliphatic carbocycles. The Labute approximate surface area is 89.8 Å². The van der Waals surface area contributed by atoms with Crippen LogP contribution >= 0.6 is 0 Å². The molecule has 0 aliphatic heterocycles. The Bertz CT molecular complexity index is 703. The van der Waals surface area contributed by atoms with Gasteiger partial charge in [0, 0.05) is 10.9 Å². The highest BCUT2D eigenvalue weighted by molar-refractivity contribution is 6.05. The molecule has 0 aliphatic rings. The van der Waals surface area contributed by atoms with E-state index in [4.69, 9.17) is 5.11 Å². The molecule has 1 aromatic carbocycles. The van der Waals surface area contributed by atoms with E-state index in [-0.39, 0.29) is 5.82 Å². The largest absolute Gasteiger partial charge is 0.475 e. The van der Waals surface area contributed by atoms with Crippen molar-refractivity contribution in [2.24, 2.45) is 0 Å². The monoisotopic (exact) mass is 213 g/mol. The van der Waals surface area contributed by atoms with Crippen LogP contribution in [0.4, 0.5) is 0 Å². The summed E-state index contributed by atoms with van der Waals surface area (Å²) in [4.78, 5) is 21.7. The van der Waals surface area contributed by atoms with Gasteiger partial charge in [-0.2, -0.15) is 0 Å². The van der Waals surface area contributed by atoms with Crippen molar-refractivity contribution in [1.29, 1.82) is 0 Å². The van der Waals surface area contributed by atoms with Crippen LogP contribution in [0.1, 0.15) is 10.6 Å². The van der Waals surface area contributed by atoms with Crippen LogP contribution in [0.15, 0.2) is 30.5 Å². The Morgan fingerprint density at radius 3 is 2.88 bits per heavy atom. The Balaban J connectivity index is 2.44. The van der Waals surface area contributed by atoms with E-state index in [9.17, 15) is 4.79 Å². The summed E-state index contributed by atoms with van der Waals surface area (Å²) >= 11 is 0. The minimum absolute atomic E-state index is 0.183. The summed E-state index contributed by atoms with van der Waals surface area (Å²) in [5.74, 6) is -1.30. The molecule has 2 aromatic heterocycles. The molecule has 3 aromatic rings. The maximum atomic E-state index is 10.8. The zero-order valence-corrected chi connectivity index (χ0v) is 8.14. The minimum Gasteiger partial charge on any atom is -0.475 e. The molecule has 0 bridgehead atoms. The minimum atomic E-state index is -1.12. The first-order valence-electron chi connectivity index (χ1n) is 4.72. The fourth-order valence-corrected chi connectivity index (χ4v) is 1.73. The summed E-state index contributed by atoms with van der Waals surface area (Å²) in [6.45, 7) is 0. The number of aromatic carboxylic acids is 1. The Morgan fingerprint density at radius 1 is 1.25 bits per heavy atom. The van der Waals surface area contributed by atoms with E-state index in [1.165, 1.54) is 6.20 Å². The van der Waals surface area contributed by atoms with Gasteiger partial charge in [-0.3, -0.25) is 0 Å². The van der Waals surface area contributed by atoms with E-state index in [0.29, 0.717) is 5.52 Å². The van der Waals surface area contributed by atoms with Gasteiger partial charge in [-0.25, -0.2) is 14.8 Å². The molecule has 16 heavy (non-hydrogen) atoms. The normalized spacial score (nSPS) is 11.0. The molecule has 0 atom stereocenters. The van der Waals surface area contributed by atoms with Crippen LogP contribution in [0.3, 0.4) is 0 Å². The Kier molecular flexibility index (Phi) is 1.67. The molecule has 2 heterocycles. The van der Waals surface area contributed by atoms with E-state index in [1.54, 1.807) is 0 Å². The zero-order valence-electron chi connectivity index (χ0n) is 8.14. The number of aromatic nitrogens is 3. The molecule has 0 saturated heterocycles. The van der Waals surface area contributed by atoms with E-state index < -0.39 is 5.97 Å². The standard InChI is InChI=1S/C11H7N3O2/c15-11(16)10-12-5-8-9(14-10)6-3-1-2-4-7(6)13-8/h1-5,13H,(H,15,16). The lowest BCUT2D eigenvalue weighted by Crippen LogP contribution is -2.02. The smallest absolute Gasteiger partial charge is 0.373 e. The van der Waals surface area contributed by atoms with Crippen molar-refractivity contribution >= 4 is 27.9 Å². The maximum absolute atomic E-state index is 10.8. The first-order valence-corrected chi connectivity index (χ1v) is 4.72. The fourth-order valence-electron chi connectivity index (χ4n) is 1.73. The Morgan fingerprint density at radius 2 is 2.06 bits per heavy atom. The van der Waals surface area contributed by atoms with Gasteiger partial charge in [-0.05, 0) is 6.07 Å². The number of nitrogens with zero attached hydrogens (tertiary/aromatic N) is 2. The van der Waals surface area contributed by atoms with Gasteiger partial charge in [0.1, 0.15) is 5.52 Å². The van der Waals surface area contributed by atoms with Crippen LogP contribution in [-0.2, 0) is 0 Å². The van der Waals surface area contributed by atoms with Crippen molar-refractivity contribution in [1.82, 2.24) is 15.0 Å². The molecular formula is C11H7N3O2. The van der Waals surface area contributed by atoms with Gasteiger partial charge in [-0.15, -0.1) is 0 Å². The number of hydrogen-bond donors (Lipinski definition) is 2. The number of hydrogen-bond acceptors (Lipinski definition) is 3. The van der Waals surface area contributed by atoms with E-state index in [2.05, 4.69) is 15.0 Å². The van der Waals surface area contributed by atoms with Gasteiger partial charge in [0.2, 0.25) is 5.82 Å². The number of carboxylic acids is 1. The summed E-state index contributed by atoms with van der Waals surface area (Å²) in [6.07, 6.45) is 1.49. The van der Waals surface area contributed by atoms with Gasteiger partial charge in [0.15, 0.2) is 0 Å². The number of H-pyrrole nitrogens is 1. The van der Waals surface area contributed by atoms with Gasteiger partial charge in [0.05, 0.1) is 11.7 Å². The summed E-state index contributed by atoms with van der Waals surface area (Å²) < 4.78 is 0. The highest BCUT2D eigenvalue weighted by atomic mass is 16.4. The molecule has 5 nitrogen and oxygen atoms in total. The van der Waals surface area contributed by atoms with Crippen LogP contribution < -0.4 is 0 Å². The zero-order chi connectivity index (χ0) is 11.1. The third-order valence-corrected chi connectivity index (χ3v) is 2.43. The molecule has 0 unspecified atom stereocenters. The summed E-state index contributed by atoms with van der Waals surface area (Å²) in [6, 6.07) is 7.60. The maximum Gasteiger partial charge on any atom is 0.373 e. The molecule has 0 radical (unpaired) electrons. The molecule has 0 amide bonds. The van der Waals surface area contributed by atoms with Crippen LogP contribution in [0.5, 0.6) is 0 Å². The predicted octanol–water partition coefficient (Wildman–Crippen LogP) is 1.81. The molecule has 78 valence electrons. The molecular weight excluding hydrogens is 206 g/mol. The van der Waals surface area contributed by atoms with Gasteiger partial charge < -0.3 is 10.1 Å². The number of nitrogens with one attached hydrogen (secondary N) is 1. The van der Waals surface area contributed by atoms with E-state index >= 15 is 0 Å². The van der Waals surface area contributed by atoms with Crippen LogP contribution in [0.25, 0.3) is 21.9 Å². The van der Waals surface area contributed by atoms with Crippen LogP contribution in [-0.4, -0.2) is 26.0 Å². The third-order valence-electron chi connectivity index (χ3n) is 2.43. The number of carbonyl (C=O) groups is 1. The number of benzene rings is 1. The number of aromatic amines is 1. The number of rotatable bonds is 1. The lowest BCUT2D eigenvalue weighted by Gasteiger charge is -1.92.